The van der Waals surface area contributed by atoms with Crippen molar-refractivity contribution in [3.05, 3.63) is 82.5 Å². The first-order chi connectivity index (χ1) is 36.0. The van der Waals surface area contributed by atoms with Gasteiger partial charge in [0.2, 0.25) is 5.78 Å². The Morgan fingerprint density at radius 1 is 0.658 bits per heavy atom. The number of carbonyl (C=O) groups excluding carboxylic acids is 5. The predicted molar refractivity (Wildman–Crippen MR) is 294 cm³/mol. The van der Waals surface area contributed by atoms with Crippen LogP contribution >= 0.6 is 0 Å². The van der Waals surface area contributed by atoms with Crippen LogP contribution in [0, 0.1) is 11.8 Å². The number of halogens is 2. The number of fused-ring (bicyclic) bond motifs is 4. The molecule has 0 bridgehead atoms. The molecular formula is C59H82F2N2O16. The zero-order valence-corrected chi connectivity index (χ0v) is 47.6. The van der Waals surface area contributed by atoms with Crippen molar-refractivity contribution >= 4 is 53.4 Å². The highest BCUT2D eigenvalue weighted by Gasteiger charge is 2.47. The van der Waals surface area contributed by atoms with Crippen LogP contribution in [0.5, 0.6) is 11.5 Å². The topological polar surface area (TPSA) is 226 Å². The number of aliphatic hydroxyl groups excluding tert-OH is 1. The molecule has 438 valence electrons. The first-order valence-corrected chi connectivity index (χ1v) is 26.2. The minimum atomic E-state index is -1.58. The van der Waals surface area contributed by atoms with Crippen molar-refractivity contribution in [2.75, 3.05) is 22.9 Å². The van der Waals surface area contributed by atoms with Gasteiger partial charge in [0.25, 0.3) is 0 Å². The number of ether oxygens (including phenoxy) is 8. The summed E-state index contributed by atoms with van der Waals surface area (Å²) in [6.45, 7) is 27.5. The Balaban J connectivity index is 0.000000336. The maximum Gasteiger partial charge on any atom is 0.414 e. The minimum absolute atomic E-state index is 0. The smallest absolute Gasteiger partial charge is 0.414 e. The average Bonchev–Trinajstić information content (AvgIpc) is 3.79. The van der Waals surface area contributed by atoms with E-state index in [1.807, 2.05) is 0 Å². The molecule has 0 spiro atoms. The molecule has 9 atom stereocenters. The summed E-state index contributed by atoms with van der Waals surface area (Å²) >= 11 is 0. The van der Waals surface area contributed by atoms with E-state index in [1.165, 1.54) is 28.0 Å². The van der Waals surface area contributed by atoms with Gasteiger partial charge in [-0.25, -0.2) is 28.0 Å². The Bertz CT molecular complexity index is 2680. The van der Waals surface area contributed by atoms with Gasteiger partial charge in [-0.15, -0.1) is 0 Å². The van der Waals surface area contributed by atoms with Crippen molar-refractivity contribution in [2.45, 2.75) is 197 Å². The van der Waals surface area contributed by atoms with E-state index < -0.39 is 125 Å². The van der Waals surface area contributed by atoms with Crippen molar-refractivity contribution in [3.8, 4) is 11.5 Å². The molecule has 2 saturated heterocycles. The number of phenols is 2. The van der Waals surface area contributed by atoms with E-state index in [9.17, 15) is 43.7 Å². The average molecular weight is 1110 g/mol. The van der Waals surface area contributed by atoms with Gasteiger partial charge >= 0.3 is 24.1 Å². The Kier molecular flexibility index (Phi) is 21.5. The fourth-order valence-electron chi connectivity index (χ4n) is 8.85. The number of anilines is 2. The molecule has 2 amide bonds. The molecule has 6 rings (SSSR count). The first kappa shape index (κ1) is 65.3. The second-order valence-corrected chi connectivity index (χ2v) is 22.6. The monoisotopic (exact) mass is 1110 g/mol. The highest BCUT2D eigenvalue weighted by atomic mass is 19.1. The Morgan fingerprint density at radius 2 is 1.06 bits per heavy atom. The molecule has 18 nitrogen and oxygen atoms in total. The highest BCUT2D eigenvalue weighted by Crippen LogP contribution is 2.39. The number of nitrogens with zero attached hydrogens (tertiary/aromatic N) is 2. The van der Waals surface area contributed by atoms with Crippen molar-refractivity contribution in [3.63, 3.8) is 0 Å². The number of rotatable bonds is 4. The molecule has 4 heterocycles. The number of amides is 2. The van der Waals surface area contributed by atoms with Crippen LogP contribution in [0.2, 0.25) is 0 Å². The van der Waals surface area contributed by atoms with E-state index >= 15 is 4.39 Å². The molecule has 2 aromatic carbocycles. The number of Topliss-reactive ketones (excluding diaryl/α,β-unsaturated/α-hetero) is 1. The molecule has 20 heteroatoms. The van der Waals surface area contributed by atoms with E-state index in [4.69, 9.17) is 37.9 Å². The SMILES string of the molecule is C.CCN(C(=O)OC(C)(C)C)c1cc(O)c2c(c1)/C=C/C[C@@H]1OC(C)(C)O[C@@H]1C(=O)/C(F)=C\[C@@H](C)[C@H](C)OC2=O.CCN(C(=O)OC(C)(C)C)c1cc(O)c2c(c1)/C=C/C[C@@H]1OC(C)(C)O[C@@H]1[C@H](O)/C(F)=C\[C@@H](C)[C@H](C)OC2=O. The molecule has 0 radical (unpaired) electrons. The number of hydrogen-bond donors (Lipinski definition) is 3. The second-order valence-electron chi connectivity index (χ2n) is 22.6. The zero-order valence-electron chi connectivity index (χ0n) is 47.6. The molecule has 3 N–H and O–H groups in total. The van der Waals surface area contributed by atoms with Gasteiger partial charge in [0.15, 0.2) is 23.5 Å². The number of carbonyl (C=O) groups is 5. The van der Waals surface area contributed by atoms with E-state index in [0.717, 1.165) is 6.08 Å². The fourth-order valence-corrected chi connectivity index (χ4v) is 8.85. The van der Waals surface area contributed by atoms with Gasteiger partial charge < -0.3 is 53.2 Å². The van der Waals surface area contributed by atoms with Gasteiger partial charge in [-0.05, 0) is 145 Å². The summed E-state index contributed by atoms with van der Waals surface area (Å²) in [6.07, 6.45) is 1.03. The van der Waals surface area contributed by atoms with E-state index in [2.05, 4.69) is 0 Å². The number of aliphatic hydroxyl groups is 1. The lowest BCUT2D eigenvalue weighted by Gasteiger charge is -2.27. The maximum atomic E-state index is 15.0. The molecule has 0 aromatic heterocycles. The lowest BCUT2D eigenvalue weighted by atomic mass is 9.98. The number of cyclic esters (lactones) is 2. The Hall–Kier alpha value is -6.19. The van der Waals surface area contributed by atoms with Crippen LogP contribution < -0.4 is 9.80 Å². The van der Waals surface area contributed by atoms with Crippen molar-refractivity contribution < 1.29 is 86.0 Å². The molecule has 2 aromatic rings. The summed E-state index contributed by atoms with van der Waals surface area (Å²) < 4.78 is 75.4. The lowest BCUT2D eigenvalue weighted by Crippen LogP contribution is -2.37. The third-order valence-electron chi connectivity index (χ3n) is 12.9. The van der Waals surface area contributed by atoms with Crippen LogP contribution in [0.15, 0.2) is 60.2 Å². The third kappa shape index (κ3) is 16.9. The molecule has 2 fully saturated rings. The summed E-state index contributed by atoms with van der Waals surface area (Å²) in [7, 11) is 0. The van der Waals surface area contributed by atoms with Crippen LogP contribution in [0.4, 0.5) is 29.7 Å². The van der Waals surface area contributed by atoms with Crippen LogP contribution in [0.1, 0.15) is 163 Å². The van der Waals surface area contributed by atoms with E-state index in [1.54, 1.807) is 147 Å². The Morgan fingerprint density at radius 3 is 1.49 bits per heavy atom. The zero-order chi connectivity index (χ0) is 58.6. The quantitative estimate of drug-likeness (QED) is 0.191. The molecule has 4 aliphatic heterocycles. The van der Waals surface area contributed by atoms with Crippen molar-refractivity contribution in [1.82, 2.24) is 0 Å². The number of ketones is 1. The van der Waals surface area contributed by atoms with Gasteiger partial charge in [0, 0.05) is 37.1 Å². The molecule has 4 aliphatic rings. The molecule has 79 heavy (non-hydrogen) atoms. The number of esters is 2. The van der Waals surface area contributed by atoms with Gasteiger partial charge in [-0.2, -0.15) is 0 Å². The van der Waals surface area contributed by atoms with Crippen LogP contribution in [0.3, 0.4) is 0 Å². The fraction of sp³-hybridized carbons (Fsp3) is 0.576. The number of benzene rings is 2. The van der Waals surface area contributed by atoms with Crippen LogP contribution in [-0.4, -0.2) is 124 Å². The minimum Gasteiger partial charge on any atom is -0.507 e. The highest BCUT2D eigenvalue weighted by molar-refractivity contribution is 6.00. The van der Waals surface area contributed by atoms with E-state index in [0.29, 0.717) is 16.9 Å². The molecule has 0 saturated carbocycles. The largest absolute Gasteiger partial charge is 0.507 e. The van der Waals surface area contributed by atoms with Gasteiger partial charge in [0.1, 0.15) is 64.1 Å². The normalized spacial score (nSPS) is 28.3. The van der Waals surface area contributed by atoms with Crippen molar-refractivity contribution in [2.24, 2.45) is 11.8 Å². The van der Waals surface area contributed by atoms with Gasteiger partial charge in [-0.1, -0.05) is 45.6 Å². The second kappa shape index (κ2) is 25.9. The van der Waals surface area contributed by atoms with E-state index in [-0.39, 0.29) is 55.8 Å². The molecule has 0 aliphatic carbocycles. The maximum absolute atomic E-state index is 15.0. The summed E-state index contributed by atoms with van der Waals surface area (Å²) in [5.74, 6) is -8.53. The third-order valence-corrected chi connectivity index (χ3v) is 12.9. The summed E-state index contributed by atoms with van der Waals surface area (Å²) in [5, 5.41) is 32.6. The predicted octanol–water partition coefficient (Wildman–Crippen LogP) is 11.8. The first-order valence-electron chi connectivity index (χ1n) is 26.2. The molecular weight excluding hydrogens is 1030 g/mol. The van der Waals surface area contributed by atoms with Crippen LogP contribution in [0.25, 0.3) is 12.2 Å². The van der Waals surface area contributed by atoms with Gasteiger partial charge in [0.05, 0.1) is 23.6 Å². The standard InChI is InChI=1S/C29H40FNO8.C29H38FNO8.CH4/c2*1-9-31(27(35)39-28(4,5)6)19-14-18-11-10-12-22-25(38-29(7,8)37-22)24(33)20(30)13-16(2)17(3)36-26(34)23(18)21(32)15-19;/h10-11,13-17,22,24-25,32-33H,9,12H2,1-8H3;10-11,13-17,22,25,32H,9,12H2,1-8H3;1H4/b2*11-10+,20-13+;/t16-,17+,22+,24-,25+;16-,17+,22+,25+;/m11./s1. The molecule has 0 unspecified atom stereocenters. The Labute approximate surface area is 463 Å². The summed E-state index contributed by atoms with van der Waals surface area (Å²) in [4.78, 5) is 67.7. The summed E-state index contributed by atoms with van der Waals surface area (Å²) in [5.41, 5.74) is -0.490. The number of aromatic hydroxyl groups is 2. The van der Waals surface area contributed by atoms with Gasteiger partial charge in [-0.3, -0.25) is 14.6 Å². The summed E-state index contributed by atoms with van der Waals surface area (Å²) in [6, 6.07) is 5.75. The van der Waals surface area contributed by atoms with Crippen LogP contribution in [-0.2, 0) is 42.7 Å². The number of phenolic OH excluding ortho intramolecular Hbond substituents is 2. The number of hydrogen-bond acceptors (Lipinski definition) is 16. The lowest BCUT2D eigenvalue weighted by molar-refractivity contribution is -0.153. The van der Waals surface area contributed by atoms with Crippen molar-refractivity contribution in [1.29, 1.82) is 0 Å².